The topological polar surface area (TPSA) is 73.9 Å². The van der Waals surface area contributed by atoms with E-state index in [1.165, 1.54) is 30.0 Å². The molecular weight excluding hydrogens is 393 g/mol. The van der Waals surface area contributed by atoms with Crippen LogP contribution in [-0.4, -0.2) is 41.5 Å². The molecular formula is C19H23F3N2O3S. The van der Waals surface area contributed by atoms with Gasteiger partial charge in [-0.05, 0) is 39.0 Å². The van der Waals surface area contributed by atoms with Crippen molar-refractivity contribution in [3.05, 3.63) is 29.6 Å². The Labute approximate surface area is 165 Å². The minimum Gasteiger partial charge on any atom is -0.460 e. The van der Waals surface area contributed by atoms with Crippen molar-refractivity contribution in [3.63, 3.8) is 0 Å². The molecule has 0 spiro atoms. The Morgan fingerprint density at radius 2 is 2.18 bits per heavy atom. The maximum absolute atomic E-state index is 14.7. The van der Waals surface area contributed by atoms with Crippen LogP contribution in [-0.2, 0) is 19.8 Å². The molecule has 0 unspecified atom stereocenters. The standard InChI is InChI=1S/C19H23F3N2O3S/c1-18(2,3)27-15(25)7-14-24-19(11-6-10(23)4-5-13(11)20)9-26-16(17(21)22)12(19)8-28-14/h4-6,12,16-17H,7-9,23H2,1-3H3/t12-,16+,19-/m1/s1. The number of alkyl halides is 2. The Morgan fingerprint density at radius 1 is 1.46 bits per heavy atom. The van der Waals surface area contributed by atoms with E-state index in [-0.39, 0.29) is 24.3 Å². The molecule has 2 N–H and O–H groups in total. The fourth-order valence-electron chi connectivity index (χ4n) is 3.56. The van der Waals surface area contributed by atoms with Gasteiger partial charge in [0.2, 0.25) is 0 Å². The molecule has 3 rings (SSSR count). The van der Waals surface area contributed by atoms with Crippen molar-refractivity contribution in [1.82, 2.24) is 0 Å². The average Bonchev–Trinajstić information content (AvgIpc) is 2.95. The first-order chi connectivity index (χ1) is 13.0. The van der Waals surface area contributed by atoms with E-state index in [4.69, 9.17) is 15.2 Å². The molecule has 0 amide bonds. The third kappa shape index (κ3) is 4.15. The zero-order valence-electron chi connectivity index (χ0n) is 15.9. The van der Waals surface area contributed by atoms with E-state index in [0.29, 0.717) is 10.7 Å². The highest BCUT2D eigenvalue weighted by molar-refractivity contribution is 8.14. The fourth-order valence-corrected chi connectivity index (χ4v) is 4.84. The van der Waals surface area contributed by atoms with Crippen LogP contribution in [0.1, 0.15) is 32.8 Å². The van der Waals surface area contributed by atoms with Crippen LogP contribution in [0.25, 0.3) is 0 Å². The summed E-state index contributed by atoms with van der Waals surface area (Å²) in [6, 6.07) is 3.99. The number of nitrogen functional groups attached to an aromatic ring is 1. The van der Waals surface area contributed by atoms with Crippen LogP contribution >= 0.6 is 11.8 Å². The molecule has 0 bridgehead atoms. The lowest BCUT2D eigenvalue weighted by Crippen LogP contribution is -2.43. The smallest absolute Gasteiger partial charge is 0.312 e. The average molecular weight is 416 g/mol. The number of nitrogens with two attached hydrogens (primary N) is 1. The molecule has 2 heterocycles. The third-order valence-electron chi connectivity index (χ3n) is 4.68. The van der Waals surface area contributed by atoms with E-state index in [1.807, 2.05) is 0 Å². The van der Waals surface area contributed by atoms with Gasteiger partial charge in [-0.25, -0.2) is 13.2 Å². The first-order valence-corrected chi connectivity index (χ1v) is 9.89. The molecule has 3 atom stereocenters. The molecule has 1 aromatic rings. The predicted molar refractivity (Wildman–Crippen MR) is 102 cm³/mol. The molecule has 2 aliphatic heterocycles. The summed E-state index contributed by atoms with van der Waals surface area (Å²) < 4.78 is 52.3. The molecule has 0 radical (unpaired) electrons. The number of carbonyl (C=O) groups excluding carboxylic acids is 1. The van der Waals surface area contributed by atoms with Gasteiger partial charge in [-0.3, -0.25) is 9.79 Å². The van der Waals surface area contributed by atoms with E-state index in [9.17, 15) is 18.0 Å². The summed E-state index contributed by atoms with van der Waals surface area (Å²) in [6.07, 6.45) is -4.20. The lowest BCUT2D eigenvalue weighted by atomic mass is 9.78. The molecule has 154 valence electrons. The Hall–Kier alpha value is -1.74. The van der Waals surface area contributed by atoms with Crippen LogP contribution in [0.2, 0.25) is 0 Å². The second-order valence-electron chi connectivity index (χ2n) is 7.96. The fraction of sp³-hybridized carbons (Fsp3) is 0.579. The summed E-state index contributed by atoms with van der Waals surface area (Å²) in [7, 11) is 0. The number of halogens is 3. The van der Waals surface area contributed by atoms with Crippen LogP contribution < -0.4 is 5.73 Å². The number of hydrogen-bond acceptors (Lipinski definition) is 6. The summed E-state index contributed by atoms with van der Waals surface area (Å²) in [5.74, 6) is -1.59. The number of rotatable bonds is 4. The van der Waals surface area contributed by atoms with Gasteiger partial charge in [0.25, 0.3) is 6.43 Å². The van der Waals surface area contributed by atoms with Crippen LogP contribution in [0.3, 0.4) is 0 Å². The zero-order valence-corrected chi connectivity index (χ0v) is 16.7. The van der Waals surface area contributed by atoms with Crippen molar-refractivity contribution in [3.8, 4) is 0 Å². The first-order valence-electron chi connectivity index (χ1n) is 8.90. The number of nitrogens with zero attached hydrogens (tertiary/aromatic N) is 1. The largest absolute Gasteiger partial charge is 0.460 e. The number of anilines is 1. The van der Waals surface area contributed by atoms with Gasteiger partial charge < -0.3 is 15.2 Å². The zero-order chi connectivity index (χ0) is 20.7. The number of hydrogen-bond donors (Lipinski definition) is 1. The lowest BCUT2D eigenvalue weighted by molar-refractivity contribution is -0.153. The van der Waals surface area contributed by atoms with Gasteiger partial charge in [0.1, 0.15) is 23.1 Å². The van der Waals surface area contributed by atoms with Crippen molar-refractivity contribution in [2.75, 3.05) is 18.1 Å². The number of aliphatic imine (C=N–C) groups is 1. The SMILES string of the molecule is CC(C)(C)OC(=O)CC1=N[C@@]2(c3cc(N)ccc3F)CO[C@H](C(F)F)[C@H]2CS1. The number of benzene rings is 1. The maximum Gasteiger partial charge on any atom is 0.312 e. The van der Waals surface area contributed by atoms with Crippen molar-refractivity contribution in [2.24, 2.45) is 10.9 Å². The van der Waals surface area contributed by atoms with Crippen molar-refractivity contribution < 1.29 is 27.4 Å². The van der Waals surface area contributed by atoms with Crippen LogP contribution in [0, 0.1) is 11.7 Å². The highest BCUT2D eigenvalue weighted by Crippen LogP contribution is 2.50. The molecule has 9 heteroatoms. The van der Waals surface area contributed by atoms with E-state index in [0.717, 1.165) is 0 Å². The highest BCUT2D eigenvalue weighted by atomic mass is 32.2. The van der Waals surface area contributed by atoms with E-state index >= 15 is 0 Å². The number of fused-ring (bicyclic) bond motifs is 1. The van der Waals surface area contributed by atoms with E-state index < -0.39 is 41.4 Å². The molecule has 1 fully saturated rings. The van der Waals surface area contributed by atoms with Crippen molar-refractivity contribution in [1.29, 1.82) is 0 Å². The van der Waals surface area contributed by atoms with Crippen LogP contribution in [0.5, 0.6) is 0 Å². The molecule has 1 aromatic carbocycles. The Bertz CT molecular complexity index is 797. The van der Waals surface area contributed by atoms with Crippen molar-refractivity contribution in [2.45, 2.75) is 50.9 Å². The lowest BCUT2D eigenvalue weighted by Gasteiger charge is -2.36. The second kappa shape index (κ2) is 7.59. The maximum atomic E-state index is 14.7. The molecule has 0 aromatic heterocycles. The van der Waals surface area contributed by atoms with Gasteiger partial charge >= 0.3 is 5.97 Å². The number of esters is 1. The summed E-state index contributed by atoms with van der Waals surface area (Å²) >= 11 is 1.20. The Kier molecular flexibility index (Phi) is 5.69. The predicted octanol–water partition coefficient (Wildman–Crippen LogP) is 3.76. The minimum absolute atomic E-state index is 0.111. The van der Waals surface area contributed by atoms with Crippen LogP contribution in [0.4, 0.5) is 18.9 Å². The second-order valence-corrected chi connectivity index (χ2v) is 9.05. The van der Waals surface area contributed by atoms with Gasteiger partial charge in [0, 0.05) is 22.9 Å². The van der Waals surface area contributed by atoms with Gasteiger partial charge in [-0.2, -0.15) is 0 Å². The third-order valence-corrected chi connectivity index (χ3v) is 5.77. The Balaban J connectivity index is 2.00. The quantitative estimate of drug-likeness (QED) is 0.598. The molecule has 1 saturated heterocycles. The monoisotopic (exact) mass is 416 g/mol. The number of ether oxygens (including phenoxy) is 2. The van der Waals surface area contributed by atoms with E-state index in [1.54, 1.807) is 20.8 Å². The van der Waals surface area contributed by atoms with Gasteiger partial charge in [0.15, 0.2) is 0 Å². The van der Waals surface area contributed by atoms with E-state index in [2.05, 4.69) is 4.99 Å². The number of thioether (sulfide) groups is 1. The molecule has 0 saturated carbocycles. The normalized spacial score (nSPS) is 27.5. The Morgan fingerprint density at radius 3 is 2.82 bits per heavy atom. The molecule has 2 aliphatic rings. The van der Waals surface area contributed by atoms with Gasteiger partial charge in [-0.1, -0.05) is 0 Å². The molecule has 28 heavy (non-hydrogen) atoms. The van der Waals surface area contributed by atoms with Gasteiger partial charge in [0.05, 0.1) is 18.1 Å². The minimum atomic E-state index is -2.72. The summed E-state index contributed by atoms with van der Waals surface area (Å²) in [5.41, 5.74) is 4.22. The highest BCUT2D eigenvalue weighted by Gasteiger charge is 2.56. The molecule has 0 aliphatic carbocycles. The summed E-state index contributed by atoms with van der Waals surface area (Å²) in [4.78, 5) is 16.8. The summed E-state index contributed by atoms with van der Waals surface area (Å²) in [5, 5.41) is 0.408. The molecule has 5 nitrogen and oxygen atoms in total. The van der Waals surface area contributed by atoms with Crippen LogP contribution in [0.15, 0.2) is 23.2 Å². The number of carbonyl (C=O) groups is 1. The first kappa shape index (κ1) is 21.0. The summed E-state index contributed by atoms with van der Waals surface area (Å²) in [6.45, 7) is 5.04. The van der Waals surface area contributed by atoms with Crippen molar-refractivity contribution >= 4 is 28.5 Å². The van der Waals surface area contributed by atoms with Gasteiger partial charge in [-0.15, -0.1) is 11.8 Å².